The van der Waals surface area contributed by atoms with E-state index in [1.807, 2.05) is 12.1 Å². The zero-order valence-electron chi connectivity index (χ0n) is 38.0. The van der Waals surface area contributed by atoms with Crippen molar-refractivity contribution in [2.24, 2.45) is 11.5 Å². The van der Waals surface area contributed by atoms with E-state index in [0.29, 0.717) is 41.2 Å². The number of carbonyl (C=O) groups is 8. The molecule has 1 saturated heterocycles. The van der Waals surface area contributed by atoms with Gasteiger partial charge in [0.25, 0.3) is 11.8 Å². The maximum absolute atomic E-state index is 14.7. The Morgan fingerprint density at radius 3 is 2.23 bits per heavy atom. The smallest absolute Gasteiger partial charge is 0.267 e. The van der Waals surface area contributed by atoms with Gasteiger partial charge in [0, 0.05) is 41.6 Å². The fraction of sp³-hybridized carbons (Fsp3) is 0.347. The zero-order valence-corrected chi connectivity index (χ0v) is 38.7. The molecule has 4 aromatic rings. The first kappa shape index (κ1) is 51.1. The second kappa shape index (κ2) is 21.8. The van der Waals surface area contributed by atoms with Gasteiger partial charge in [-0.3, -0.25) is 38.4 Å². The number of nitrogens with one attached hydrogen (secondary N) is 4. The monoisotopic (exact) mass is 970 g/mol. The van der Waals surface area contributed by atoms with Crippen LogP contribution in [0.5, 0.6) is 5.75 Å². The van der Waals surface area contributed by atoms with Crippen LogP contribution in [0, 0.1) is 0 Å². The molecule has 2 aliphatic rings. The normalized spacial score (nSPS) is 19.7. The SMILES string of the molecule is C[C@@H]1NC(=O)[C@@H](N(C)C(=O)[C@H](CCCCN)NC(=O)c2ccc(-c3ccc(Cl)cc3)cc2)c2ccc(C=O)c(c2)-c2cc(ccc2O)C[C@@H](C(=O)N[C@@H](C)C(=O)N2CC(F)(F)C[C@H]2C(N)=O)NC1=O. The van der Waals surface area contributed by atoms with E-state index in [2.05, 4.69) is 21.3 Å². The fourth-order valence-corrected chi connectivity index (χ4v) is 8.53. The number of phenolic OH excluding ortho intramolecular Hbond substituents is 1. The highest BCUT2D eigenvalue weighted by Crippen LogP contribution is 2.36. The maximum atomic E-state index is 14.7. The van der Waals surface area contributed by atoms with Gasteiger partial charge in [-0.1, -0.05) is 54.1 Å². The fourth-order valence-electron chi connectivity index (χ4n) is 8.40. The van der Waals surface area contributed by atoms with Crippen LogP contribution >= 0.6 is 11.6 Å². The summed E-state index contributed by atoms with van der Waals surface area (Å²) in [5, 5.41) is 22.2. The molecule has 0 spiro atoms. The number of phenols is 1. The summed E-state index contributed by atoms with van der Waals surface area (Å²) in [6, 6.07) is 13.6. The Morgan fingerprint density at radius 1 is 0.928 bits per heavy atom. The first-order chi connectivity index (χ1) is 32.7. The van der Waals surface area contributed by atoms with Gasteiger partial charge in [0.15, 0.2) is 6.29 Å². The van der Waals surface area contributed by atoms with E-state index < -0.39 is 96.5 Å². The Balaban J connectivity index is 1.31. The van der Waals surface area contributed by atoms with E-state index in [1.54, 1.807) is 36.4 Å². The third kappa shape index (κ3) is 12.1. The van der Waals surface area contributed by atoms with Crippen molar-refractivity contribution in [1.82, 2.24) is 31.1 Å². The van der Waals surface area contributed by atoms with Crippen LogP contribution < -0.4 is 32.7 Å². The zero-order chi connectivity index (χ0) is 50.3. The molecule has 0 unspecified atom stereocenters. The second-order valence-corrected chi connectivity index (χ2v) is 17.7. The number of nitrogens with two attached hydrogens (primary N) is 2. The number of benzene rings is 4. The van der Waals surface area contributed by atoms with Gasteiger partial charge < -0.3 is 47.6 Å². The Bertz CT molecular complexity index is 2630. The van der Waals surface area contributed by atoms with Crippen molar-refractivity contribution in [2.45, 2.75) is 88.1 Å². The van der Waals surface area contributed by atoms with Crippen LogP contribution in [0.15, 0.2) is 84.9 Å². The van der Waals surface area contributed by atoms with Gasteiger partial charge in [-0.15, -0.1) is 0 Å². The summed E-state index contributed by atoms with van der Waals surface area (Å²) < 4.78 is 28.7. The summed E-state index contributed by atoms with van der Waals surface area (Å²) >= 11 is 6.05. The van der Waals surface area contributed by atoms with Crippen molar-refractivity contribution < 1.29 is 52.2 Å². The van der Waals surface area contributed by atoms with Gasteiger partial charge >= 0.3 is 0 Å². The molecule has 0 saturated carbocycles. The average molecular weight is 971 g/mol. The molecular formula is C49H53ClF2N8O9. The predicted octanol–water partition coefficient (Wildman–Crippen LogP) is 3.39. The first-order valence-electron chi connectivity index (χ1n) is 22.2. The lowest BCUT2D eigenvalue weighted by Crippen LogP contribution is -2.58. The van der Waals surface area contributed by atoms with Gasteiger partial charge in [0.2, 0.25) is 35.4 Å². The minimum absolute atomic E-state index is 0.0745. The van der Waals surface area contributed by atoms with Crippen LogP contribution in [0.4, 0.5) is 8.78 Å². The number of halogens is 3. The molecule has 4 bridgehead atoms. The number of unbranched alkanes of at least 4 members (excludes halogenated alkanes) is 1. The predicted molar refractivity (Wildman–Crippen MR) is 251 cm³/mol. The number of hydrogen-bond acceptors (Lipinski definition) is 10. The number of hydrogen-bond donors (Lipinski definition) is 7. The number of likely N-dealkylation sites (tertiary alicyclic amines) is 1. The van der Waals surface area contributed by atoms with Crippen LogP contribution in [0.25, 0.3) is 22.3 Å². The van der Waals surface area contributed by atoms with E-state index in [0.717, 1.165) is 16.0 Å². The molecule has 69 heavy (non-hydrogen) atoms. The van der Waals surface area contributed by atoms with Crippen molar-refractivity contribution in [1.29, 1.82) is 0 Å². The van der Waals surface area contributed by atoms with E-state index in [9.17, 15) is 52.2 Å². The average Bonchev–Trinajstić information content (AvgIpc) is 3.66. The van der Waals surface area contributed by atoms with E-state index in [-0.39, 0.29) is 46.4 Å². The first-order valence-corrected chi connectivity index (χ1v) is 22.5. The number of nitrogens with zero attached hydrogens (tertiary/aromatic N) is 2. The number of amides is 7. The minimum atomic E-state index is -3.41. The molecule has 20 heteroatoms. The van der Waals surface area contributed by atoms with E-state index in [1.165, 1.54) is 57.3 Å². The molecule has 2 heterocycles. The summed E-state index contributed by atoms with van der Waals surface area (Å²) in [5.74, 6) is -9.89. The summed E-state index contributed by atoms with van der Waals surface area (Å²) in [6.07, 6.45) is 0.311. The second-order valence-electron chi connectivity index (χ2n) is 17.2. The van der Waals surface area contributed by atoms with Gasteiger partial charge in [-0.2, -0.15) is 0 Å². The van der Waals surface area contributed by atoms with Crippen molar-refractivity contribution >= 4 is 59.2 Å². The molecule has 9 N–H and O–H groups in total. The lowest BCUT2D eigenvalue weighted by atomic mass is 9.91. The number of aromatic hydroxyl groups is 1. The molecule has 364 valence electrons. The Morgan fingerprint density at radius 2 is 1.59 bits per heavy atom. The molecule has 6 atom stereocenters. The summed E-state index contributed by atoms with van der Waals surface area (Å²) in [6.45, 7) is 1.73. The van der Waals surface area contributed by atoms with Crippen molar-refractivity contribution in [2.75, 3.05) is 20.1 Å². The molecule has 7 amide bonds. The standard InChI is InChI=1S/C49H53ClF2N8O9/c1-26-43(64)58-38(45(66)56-27(2)47(68)60-25-49(51,52)23-39(60)42(54)63)21-28-7-18-40(62)36(20-28)35-22-32(12-13-33(35)24-61)41(46(67)55-26)59(3)48(69)37(6-4-5-19-53)57-44(65)31-10-8-29(9-11-31)30-14-16-34(50)17-15-30/h7-18,20,22,24,26-27,37-39,41,62H,4-6,19,21,23,25,53H2,1-3H3,(H2,54,63)(H,55,67)(H,56,66)(H,57,65)(H,58,64)/t26-,27-,37-,38-,39-,41-/m0/s1. The third-order valence-electron chi connectivity index (χ3n) is 12.2. The molecule has 0 aliphatic carbocycles. The summed E-state index contributed by atoms with van der Waals surface area (Å²) in [7, 11) is 1.34. The van der Waals surface area contributed by atoms with Gasteiger partial charge in [0.1, 0.15) is 42.0 Å². The lowest BCUT2D eigenvalue weighted by Gasteiger charge is -2.32. The number of primary amides is 1. The number of alkyl halides is 2. The topological polar surface area (TPSA) is 263 Å². The molecule has 1 fully saturated rings. The number of carbonyl (C=O) groups excluding carboxylic acids is 8. The highest BCUT2D eigenvalue weighted by atomic mass is 35.5. The maximum Gasteiger partial charge on any atom is 0.267 e. The molecule has 17 nitrogen and oxygen atoms in total. The largest absolute Gasteiger partial charge is 0.507 e. The highest BCUT2D eigenvalue weighted by Gasteiger charge is 2.50. The van der Waals surface area contributed by atoms with Crippen LogP contribution in [0.1, 0.15) is 77.4 Å². The molecule has 4 aromatic carbocycles. The van der Waals surface area contributed by atoms with Crippen LogP contribution in [-0.2, 0) is 35.2 Å². The van der Waals surface area contributed by atoms with Crippen LogP contribution in [-0.4, -0.2) is 119 Å². The quantitative estimate of drug-likeness (QED) is 0.0716. The summed E-state index contributed by atoms with van der Waals surface area (Å²) in [4.78, 5) is 110. The number of likely N-dealkylation sites (N-methyl/N-ethyl adjacent to an activating group) is 1. The molecule has 2 aliphatic heterocycles. The summed E-state index contributed by atoms with van der Waals surface area (Å²) in [5.41, 5.74) is 13.8. The number of fused-ring (bicyclic) bond motifs is 5. The van der Waals surface area contributed by atoms with Gasteiger partial charge in [0.05, 0.1) is 6.54 Å². The molecule has 6 rings (SSSR count). The highest BCUT2D eigenvalue weighted by molar-refractivity contribution is 6.30. The Hall–Kier alpha value is -7.25. The van der Waals surface area contributed by atoms with E-state index >= 15 is 0 Å². The van der Waals surface area contributed by atoms with Gasteiger partial charge in [-0.25, -0.2) is 8.78 Å². The lowest BCUT2D eigenvalue weighted by molar-refractivity contribution is -0.142. The number of aldehydes is 1. The number of rotatable bonds is 14. The van der Waals surface area contributed by atoms with Crippen LogP contribution in [0.2, 0.25) is 5.02 Å². The molecule has 0 radical (unpaired) electrons. The van der Waals surface area contributed by atoms with Crippen molar-refractivity contribution in [3.05, 3.63) is 112 Å². The van der Waals surface area contributed by atoms with Crippen molar-refractivity contribution in [3.63, 3.8) is 0 Å². The Kier molecular flexibility index (Phi) is 16.2. The minimum Gasteiger partial charge on any atom is -0.507 e. The van der Waals surface area contributed by atoms with Crippen molar-refractivity contribution in [3.8, 4) is 28.0 Å². The van der Waals surface area contributed by atoms with E-state index in [4.69, 9.17) is 23.1 Å². The molecule has 0 aromatic heterocycles. The third-order valence-corrected chi connectivity index (χ3v) is 12.4. The Labute approximate surface area is 401 Å². The molecular weight excluding hydrogens is 918 g/mol. The van der Waals surface area contributed by atoms with Crippen LogP contribution in [0.3, 0.4) is 0 Å². The van der Waals surface area contributed by atoms with Gasteiger partial charge in [-0.05, 0) is 110 Å².